The molecule has 28 heavy (non-hydrogen) atoms. The van der Waals surface area contributed by atoms with E-state index in [-0.39, 0.29) is 30.5 Å². The van der Waals surface area contributed by atoms with Crippen molar-refractivity contribution in [3.63, 3.8) is 0 Å². The summed E-state index contributed by atoms with van der Waals surface area (Å²) in [5, 5.41) is 10.0. The molecule has 144 valence electrons. The van der Waals surface area contributed by atoms with E-state index in [9.17, 15) is 14.0 Å². The van der Waals surface area contributed by atoms with Gasteiger partial charge in [0.1, 0.15) is 11.9 Å². The summed E-state index contributed by atoms with van der Waals surface area (Å²) in [6.45, 7) is 4.09. The molecule has 9 heteroatoms. The topological polar surface area (TPSA) is 75.2 Å². The van der Waals surface area contributed by atoms with Crippen molar-refractivity contribution in [3.05, 3.63) is 81.8 Å². The number of hydrogen-bond acceptors (Lipinski definition) is 6. The normalized spacial score (nSPS) is 11.6. The summed E-state index contributed by atoms with van der Waals surface area (Å²) in [5.74, 6) is -1.08. The highest BCUT2D eigenvalue weighted by atomic mass is 32.1. The van der Waals surface area contributed by atoms with Crippen LogP contribution in [0, 0.1) is 5.82 Å². The lowest BCUT2D eigenvalue weighted by Crippen LogP contribution is -2.43. The van der Waals surface area contributed by atoms with Crippen LogP contribution in [0.15, 0.2) is 59.8 Å². The van der Waals surface area contributed by atoms with Crippen LogP contribution in [0.3, 0.4) is 0 Å². The molecule has 3 aromatic rings. The number of thiophene rings is 1. The van der Waals surface area contributed by atoms with Crippen LogP contribution in [-0.4, -0.2) is 32.8 Å². The highest BCUT2D eigenvalue weighted by Crippen LogP contribution is 2.27. The van der Waals surface area contributed by atoms with Gasteiger partial charge in [0.25, 0.3) is 5.91 Å². The fourth-order valence-corrected chi connectivity index (χ4v) is 3.87. The molecule has 1 aromatic carbocycles. The Morgan fingerprint density at radius 2 is 2.07 bits per heavy atom. The van der Waals surface area contributed by atoms with E-state index in [1.54, 1.807) is 29.7 Å². The lowest BCUT2D eigenvalue weighted by atomic mass is 10.1. The van der Waals surface area contributed by atoms with Gasteiger partial charge in [0.15, 0.2) is 5.69 Å². The lowest BCUT2D eigenvalue weighted by molar-refractivity contribution is -0.125. The van der Waals surface area contributed by atoms with E-state index < -0.39 is 11.9 Å². The third-order valence-corrected chi connectivity index (χ3v) is 5.35. The van der Waals surface area contributed by atoms with Gasteiger partial charge in [0.05, 0.1) is 0 Å². The second kappa shape index (κ2) is 9.34. The Morgan fingerprint density at radius 1 is 1.29 bits per heavy atom. The highest BCUT2D eigenvalue weighted by molar-refractivity contribution is 7.10. The number of halogens is 1. The molecule has 0 unspecified atom stereocenters. The molecule has 2 amide bonds. The van der Waals surface area contributed by atoms with E-state index in [4.69, 9.17) is 0 Å². The van der Waals surface area contributed by atoms with E-state index in [0.717, 1.165) is 22.0 Å². The van der Waals surface area contributed by atoms with Gasteiger partial charge in [0, 0.05) is 23.3 Å². The average Bonchev–Trinajstić information content (AvgIpc) is 3.41. The Bertz CT molecular complexity index is 928. The van der Waals surface area contributed by atoms with Gasteiger partial charge in [-0.15, -0.1) is 23.0 Å². The minimum atomic E-state index is -0.840. The largest absolute Gasteiger partial charge is 0.350 e. The molecule has 0 radical (unpaired) electrons. The van der Waals surface area contributed by atoms with Gasteiger partial charge in [-0.2, -0.15) is 0 Å². The molecule has 0 spiro atoms. The maximum absolute atomic E-state index is 13.1. The van der Waals surface area contributed by atoms with Crippen molar-refractivity contribution in [2.24, 2.45) is 0 Å². The number of rotatable bonds is 8. The van der Waals surface area contributed by atoms with Crippen LogP contribution in [0.25, 0.3) is 0 Å². The zero-order valence-corrected chi connectivity index (χ0v) is 16.4. The fourth-order valence-electron chi connectivity index (χ4n) is 2.61. The third-order valence-electron chi connectivity index (χ3n) is 3.92. The molecule has 2 heterocycles. The van der Waals surface area contributed by atoms with Crippen LogP contribution in [0.4, 0.5) is 4.39 Å². The molecule has 2 aromatic heterocycles. The van der Waals surface area contributed by atoms with E-state index in [1.165, 1.54) is 28.4 Å². The van der Waals surface area contributed by atoms with Crippen LogP contribution in [0.5, 0.6) is 0 Å². The van der Waals surface area contributed by atoms with Crippen LogP contribution < -0.4 is 5.32 Å². The Labute approximate surface area is 169 Å². The maximum atomic E-state index is 13.1. The number of nitrogens with zero attached hydrogens (tertiary/aromatic N) is 3. The quantitative estimate of drug-likeness (QED) is 0.571. The Balaban J connectivity index is 1.84. The number of aromatic nitrogens is 2. The summed E-state index contributed by atoms with van der Waals surface area (Å²) in [5.41, 5.74) is 0.935. The first-order chi connectivity index (χ1) is 13.6. The third kappa shape index (κ3) is 4.68. The summed E-state index contributed by atoms with van der Waals surface area (Å²) in [6, 6.07) is 8.65. The molecule has 0 aliphatic rings. The van der Waals surface area contributed by atoms with Gasteiger partial charge in [-0.1, -0.05) is 28.8 Å². The maximum Gasteiger partial charge on any atom is 0.276 e. The standard InChI is InChI=1S/C19H17FN4O2S2/c1-2-9-24(19(26)15-12-28-23-22-15)17(16-4-3-10-27-16)18(25)21-11-13-5-7-14(20)8-6-13/h2-8,10,12,17H,1,9,11H2,(H,21,25)/t17-/m0/s1. The Morgan fingerprint density at radius 3 is 2.68 bits per heavy atom. The highest BCUT2D eigenvalue weighted by Gasteiger charge is 2.33. The van der Waals surface area contributed by atoms with E-state index in [2.05, 4.69) is 21.5 Å². The predicted octanol–water partition coefficient (Wildman–Crippen LogP) is 3.42. The van der Waals surface area contributed by atoms with Gasteiger partial charge in [0.2, 0.25) is 5.91 Å². The second-order valence-corrected chi connectivity index (χ2v) is 7.39. The smallest absolute Gasteiger partial charge is 0.276 e. The van der Waals surface area contributed by atoms with Crippen molar-refractivity contribution in [1.82, 2.24) is 19.8 Å². The number of hydrogen-bond donors (Lipinski definition) is 1. The first-order valence-corrected chi connectivity index (χ1v) is 10.1. The lowest BCUT2D eigenvalue weighted by Gasteiger charge is -2.28. The molecule has 1 N–H and O–H groups in total. The molecule has 1 atom stereocenters. The molecule has 0 saturated heterocycles. The number of amides is 2. The number of benzene rings is 1. The van der Waals surface area contributed by atoms with Crippen molar-refractivity contribution in [1.29, 1.82) is 0 Å². The molecule has 0 saturated carbocycles. The second-order valence-electron chi connectivity index (χ2n) is 5.80. The molecular weight excluding hydrogens is 399 g/mol. The van der Waals surface area contributed by atoms with Crippen molar-refractivity contribution in [2.75, 3.05) is 6.54 Å². The summed E-state index contributed by atoms with van der Waals surface area (Å²) < 4.78 is 16.8. The SMILES string of the molecule is C=CCN(C(=O)c1csnn1)[C@H](C(=O)NCc1ccc(F)cc1)c1cccs1. The average molecular weight is 417 g/mol. The zero-order valence-electron chi connectivity index (χ0n) is 14.7. The van der Waals surface area contributed by atoms with Crippen LogP contribution >= 0.6 is 22.9 Å². The molecule has 0 fully saturated rings. The fraction of sp³-hybridized carbons (Fsp3) is 0.158. The Hall–Kier alpha value is -2.91. The van der Waals surface area contributed by atoms with E-state index in [1.807, 2.05) is 11.4 Å². The Kier molecular flexibility index (Phi) is 6.62. The molecule has 3 rings (SSSR count). The molecule has 6 nitrogen and oxygen atoms in total. The first kappa shape index (κ1) is 19.8. The summed E-state index contributed by atoms with van der Waals surface area (Å²) in [6.07, 6.45) is 1.56. The van der Waals surface area contributed by atoms with Crippen molar-refractivity contribution in [2.45, 2.75) is 12.6 Å². The van der Waals surface area contributed by atoms with Gasteiger partial charge >= 0.3 is 0 Å². The molecular formula is C19H17FN4O2S2. The molecule has 0 aliphatic heterocycles. The van der Waals surface area contributed by atoms with Crippen molar-refractivity contribution in [3.8, 4) is 0 Å². The van der Waals surface area contributed by atoms with E-state index in [0.29, 0.717) is 0 Å². The van der Waals surface area contributed by atoms with Crippen LogP contribution in [0.1, 0.15) is 27.0 Å². The van der Waals surface area contributed by atoms with Crippen LogP contribution in [0.2, 0.25) is 0 Å². The van der Waals surface area contributed by atoms with Gasteiger partial charge in [-0.3, -0.25) is 9.59 Å². The van der Waals surface area contributed by atoms with Gasteiger partial charge in [-0.05, 0) is 40.7 Å². The summed E-state index contributed by atoms with van der Waals surface area (Å²) in [7, 11) is 0. The van der Waals surface area contributed by atoms with Crippen molar-refractivity contribution < 1.29 is 14.0 Å². The number of nitrogens with one attached hydrogen (secondary N) is 1. The van der Waals surface area contributed by atoms with Gasteiger partial charge in [-0.25, -0.2) is 4.39 Å². The molecule has 0 bridgehead atoms. The summed E-state index contributed by atoms with van der Waals surface area (Å²) >= 11 is 2.45. The minimum absolute atomic E-state index is 0.170. The number of carbonyl (C=O) groups excluding carboxylic acids is 2. The molecule has 0 aliphatic carbocycles. The van der Waals surface area contributed by atoms with Crippen molar-refractivity contribution >= 4 is 34.7 Å². The monoisotopic (exact) mass is 416 g/mol. The number of carbonyl (C=O) groups is 2. The zero-order chi connectivity index (χ0) is 19.9. The first-order valence-electron chi connectivity index (χ1n) is 8.34. The predicted molar refractivity (Wildman–Crippen MR) is 106 cm³/mol. The summed E-state index contributed by atoms with van der Waals surface area (Å²) in [4.78, 5) is 28.1. The van der Waals surface area contributed by atoms with Crippen LogP contribution in [-0.2, 0) is 11.3 Å². The van der Waals surface area contributed by atoms with Gasteiger partial charge < -0.3 is 10.2 Å². The minimum Gasteiger partial charge on any atom is -0.350 e. The van der Waals surface area contributed by atoms with E-state index >= 15 is 0 Å².